The Balaban J connectivity index is 1.88. The summed E-state index contributed by atoms with van der Waals surface area (Å²) in [5.41, 5.74) is 1.77. The molecule has 0 radical (unpaired) electrons. The predicted molar refractivity (Wildman–Crippen MR) is 95.0 cm³/mol. The van der Waals surface area contributed by atoms with Gasteiger partial charge in [0.1, 0.15) is 0 Å². The number of sulfonamides is 1. The number of aryl methyl sites for hydroxylation is 1. The molecule has 0 spiro atoms. The van der Waals surface area contributed by atoms with Gasteiger partial charge in [0.05, 0.1) is 4.90 Å². The summed E-state index contributed by atoms with van der Waals surface area (Å²) in [7, 11) is -3.71. The lowest BCUT2D eigenvalue weighted by atomic mass is 10.2. The van der Waals surface area contributed by atoms with Crippen LogP contribution in [0.1, 0.15) is 18.4 Å². The molecule has 1 heterocycles. The SMILES string of the molecule is Cc1cc(N2CCCC2=O)ccc1S(=O)(=O)Nc1ccc(Cl)cc1. The van der Waals surface area contributed by atoms with Gasteiger partial charge in [0.2, 0.25) is 5.91 Å². The number of carbonyl (C=O) groups excluding carboxylic acids is 1. The first-order valence-corrected chi connectivity index (χ1v) is 9.42. The quantitative estimate of drug-likeness (QED) is 0.901. The zero-order valence-corrected chi connectivity index (χ0v) is 14.7. The van der Waals surface area contributed by atoms with Crippen molar-refractivity contribution < 1.29 is 13.2 Å². The molecule has 1 N–H and O–H groups in total. The van der Waals surface area contributed by atoms with E-state index in [4.69, 9.17) is 11.6 Å². The number of carbonyl (C=O) groups is 1. The van der Waals surface area contributed by atoms with Crippen LogP contribution in [0.15, 0.2) is 47.4 Å². The maximum absolute atomic E-state index is 12.6. The smallest absolute Gasteiger partial charge is 0.262 e. The number of amides is 1. The summed E-state index contributed by atoms with van der Waals surface area (Å²) in [6, 6.07) is 11.4. The molecule has 0 bridgehead atoms. The van der Waals surface area contributed by atoms with Gasteiger partial charge in [0, 0.05) is 29.4 Å². The predicted octanol–water partition coefficient (Wildman–Crippen LogP) is 3.58. The van der Waals surface area contributed by atoms with Crippen LogP contribution in [0, 0.1) is 6.92 Å². The Kier molecular flexibility index (Phi) is 4.51. The molecule has 0 aromatic heterocycles. The van der Waals surface area contributed by atoms with Gasteiger partial charge in [-0.3, -0.25) is 9.52 Å². The van der Waals surface area contributed by atoms with Crippen molar-refractivity contribution in [3.63, 3.8) is 0 Å². The number of nitrogens with one attached hydrogen (secondary N) is 1. The molecule has 0 saturated carbocycles. The number of anilines is 2. The Bertz CT molecular complexity index is 879. The number of halogens is 1. The third-order valence-corrected chi connectivity index (χ3v) is 5.72. The summed E-state index contributed by atoms with van der Waals surface area (Å²) >= 11 is 5.81. The van der Waals surface area contributed by atoms with Gasteiger partial charge in [-0.05, 0) is 61.4 Å². The van der Waals surface area contributed by atoms with Crippen LogP contribution in [0.4, 0.5) is 11.4 Å². The zero-order chi connectivity index (χ0) is 17.3. The second-order valence-corrected chi connectivity index (χ2v) is 7.80. The molecule has 24 heavy (non-hydrogen) atoms. The minimum atomic E-state index is -3.71. The number of hydrogen-bond donors (Lipinski definition) is 1. The molecule has 2 aromatic rings. The lowest BCUT2D eigenvalue weighted by molar-refractivity contribution is -0.117. The highest BCUT2D eigenvalue weighted by Crippen LogP contribution is 2.27. The Morgan fingerprint density at radius 3 is 2.42 bits per heavy atom. The van der Waals surface area contributed by atoms with Gasteiger partial charge < -0.3 is 4.90 Å². The molecule has 1 saturated heterocycles. The fourth-order valence-electron chi connectivity index (χ4n) is 2.75. The number of rotatable bonds is 4. The van der Waals surface area contributed by atoms with Crippen molar-refractivity contribution in [2.75, 3.05) is 16.2 Å². The van der Waals surface area contributed by atoms with E-state index in [2.05, 4.69) is 4.72 Å². The first-order chi connectivity index (χ1) is 11.4. The van der Waals surface area contributed by atoms with Crippen molar-refractivity contribution in [2.24, 2.45) is 0 Å². The van der Waals surface area contributed by atoms with Gasteiger partial charge in [0.25, 0.3) is 10.0 Å². The highest BCUT2D eigenvalue weighted by molar-refractivity contribution is 7.92. The molecule has 1 aliphatic rings. The lowest BCUT2D eigenvalue weighted by Crippen LogP contribution is -2.24. The van der Waals surface area contributed by atoms with Gasteiger partial charge in [-0.1, -0.05) is 11.6 Å². The van der Waals surface area contributed by atoms with Crippen LogP contribution in [-0.4, -0.2) is 20.9 Å². The van der Waals surface area contributed by atoms with Crippen LogP contribution in [0.3, 0.4) is 0 Å². The molecule has 0 unspecified atom stereocenters. The molecule has 1 fully saturated rings. The van der Waals surface area contributed by atoms with Gasteiger partial charge in [-0.2, -0.15) is 0 Å². The van der Waals surface area contributed by atoms with E-state index in [1.165, 1.54) is 6.07 Å². The average molecular weight is 365 g/mol. The summed E-state index contributed by atoms with van der Waals surface area (Å²) in [6.45, 7) is 2.40. The summed E-state index contributed by atoms with van der Waals surface area (Å²) in [4.78, 5) is 13.7. The molecule has 0 aliphatic carbocycles. The highest BCUT2D eigenvalue weighted by atomic mass is 35.5. The lowest BCUT2D eigenvalue weighted by Gasteiger charge is -2.18. The van der Waals surface area contributed by atoms with E-state index in [1.807, 2.05) is 0 Å². The summed E-state index contributed by atoms with van der Waals surface area (Å²) in [6.07, 6.45) is 1.37. The second kappa shape index (κ2) is 6.45. The molecule has 0 atom stereocenters. The van der Waals surface area contributed by atoms with E-state index in [9.17, 15) is 13.2 Å². The normalized spacial score (nSPS) is 14.9. The van der Waals surface area contributed by atoms with E-state index < -0.39 is 10.0 Å². The third kappa shape index (κ3) is 3.39. The number of benzene rings is 2. The summed E-state index contributed by atoms with van der Waals surface area (Å²) < 4.78 is 27.7. The van der Waals surface area contributed by atoms with Gasteiger partial charge in [-0.25, -0.2) is 8.42 Å². The van der Waals surface area contributed by atoms with Crippen molar-refractivity contribution in [1.29, 1.82) is 0 Å². The fraction of sp³-hybridized carbons (Fsp3) is 0.235. The Morgan fingerprint density at radius 1 is 1.12 bits per heavy atom. The number of nitrogens with zero attached hydrogens (tertiary/aromatic N) is 1. The van der Waals surface area contributed by atoms with Gasteiger partial charge in [0.15, 0.2) is 0 Å². The standard InChI is InChI=1S/C17H17ClN2O3S/c1-12-11-15(20-10-2-3-17(20)21)8-9-16(12)24(22,23)19-14-6-4-13(18)5-7-14/h4-9,11,19H,2-3,10H2,1H3. The first-order valence-electron chi connectivity index (χ1n) is 7.56. The van der Waals surface area contributed by atoms with Crippen LogP contribution in [0.25, 0.3) is 0 Å². The average Bonchev–Trinajstić information content (AvgIpc) is 2.95. The van der Waals surface area contributed by atoms with Crippen molar-refractivity contribution >= 4 is 38.9 Å². The maximum atomic E-state index is 12.6. The summed E-state index contributed by atoms with van der Waals surface area (Å²) in [5.74, 6) is 0.0734. The topological polar surface area (TPSA) is 66.5 Å². The molecule has 5 nitrogen and oxygen atoms in total. The van der Waals surface area contributed by atoms with E-state index in [-0.39, 0.29) is 10.8 Å². The first kappa shape index (κ1) is 16.8. The van der Waals surface area contributed by atoms with E-state index in [0.29, 0.717) is 29.2 Å². The number of hydrogen-bond acceptors (Lipinski definition) is 3. The Labute approximate surface area is 146 Å². The zero-order valence-electron chi connectivity index (χ0n) is 13.1. The van der Waals surface area contributed by atoms with Crippen molar-refractivity contribution in [1.82, 2.24) is 0 Å². The molecule has 1 aliphatic heterocycles. The van der Waals surface area contributed by atoms with Crippen molar-refractivity contribution in [2.45, 2.75) is 24.7 Å². The fourth-order valence-corrected chi connectivity index (χ4v) is 4.16. The largest absolute Gasteiger partial charge is 0.312 e. The van der Waals surface area contributed by atoms with Crippen LogP contribution >= 0.6 is 11.6 Å². The van der Waals surface area contributed by atoms with Crippen LogP contribution in [0.5, 0.6) is 0 Å². The third-order valence-electron chi connectivity index (χ3n) is 3.93. The molecule has 1 amide bonds. The molecule has 2 aromatic carbocycles. The minimum absolute atomic E-state index is 0.0734. The molecular weight excluding hydrogens is 348 g/mol. The molecule has 3 rings (SSSR count). The van der Waals surface area contributed by atoms with Gasteiger partial charge in [-0.15, -0.1) is 0 Å². The maximum Gasteiger partial charge on any atom is 0.262 e. The molecular formula is C17H17ClN2O3S. The van der Waals surface area contributed by atoms with Crippen molar-refractivity contribution in [3.8, 4) is 0 Å². The van der Waals surface area contributed by atoms with Crippen molar-refractivity contribution in [3.05, 3.63) is 53.1 Å². The van der Waals surface area contributed by atoms with E-state index in [1.54, 1.807) is 48.2 Å². The van der Waals surface area contributed by atoms with Crippen LogP contribution in [0.2, 0.25) is 5.02 Å². The molecule has 7 heteroatoms. The van der Waals surface area contributed by atoms with Gasteiger partial charge >= 0.3 is 0 Å². The van der Waals surface area contributed by atoms with E-state index in [0.717, 1.165) is 12.1 Å². The minimum Gasteiger partial charge on any atom is -0.312 e. The summed E-state index contributed by atoms with van der Waals surface area (Å²) in [5, 5.41) is 0.536. The Morgan fingerprint density at radius 2 is 1.83 bits per heavy atom. The Hall–Kier alpha value is -2.05. The van der Waals surface area contributed by atoms with E-state index >= 15 is 0 Å². The van der Waals surface area contributed by atoms with Crippen LogP contribution < -0.4 is 9.62 Å². The molecule has 126 valence electrons. The highest BCUT2D eigenvalue weighted by Gasteiger charge is 2.23. The second-order valence-electron chi connectivity index (χ2n) is 5.71. The monoisotopic (exact) mass is 364 g/mol. The van der Waals surface area contributed by atoms with Crippen LogP contribution in [-0.2, 0) is 14.8 Å².